The zero-order valence-corrected chi connectivity index (χ0v) is 11.8. The Morgan fingerprint density at radius 1 is 0.895 bits per heavy atom. The van der Waals surface area contributed by atoms with Crippen molar-refractivity contribution in [3.8, 4) is 0 Å². The Bertz CT molecular complexity index is 590. The van der Waals surface area contributed by atoms with Gasteiger partial charge in [0.15, 0.2) is 0 Å². The molecule has 0 radical (unpaired) electrons. The molecule has 0 atom stereocenters. The van der Waals surface area contributed by atoms with E-state index in [1.165, 1.54) is 0 Å². The first-order valence-corrected chi connectivity index (χ1v) is 6.52. The second-order valence-corrected chi connectivity index (χ2v) is 4.69. The molecule has 0 aromatic carbocycles. The Morgan fingerprint density at radius 2 is 1.26 bits per heavy atom. The maximum atomic E-state index is 12.2. The molecule has 0 bridgehead atoms. The van der Waals surface area contributed by atoms with Gasteiger partial charge in [-0.3, -0.25) is 0 Å². The molecule has 1 heterocycles. The molecule has 6 heteroatoms. The normalized spacial score (nSPS) is 10.7. The van der Waals surface area contributed by atoms with Crippen LogP contribution in [0, 0.1) is 0 Å². The van der Waals surface area contributed by atoms with E-state index in [1.807, 2.05) is 13.8 Å². The fourth-order valence-corrected chi connectivity index (χ4v) is 1.92. The van der Waals surface area contributed by atoms with Crippen molar-refractivity contribution in [2.24, 2.45) is 0 Å². The third-order valence-corrected chi connectivity index (χ3v) is 2.71. The molecular weight excluding hydrogens is 246 g/mol. The molecule has 0 saturated carbocycles. The molecule has 0 N–H and O–H groups in total. The van der Waals surface area contributed by atoms with Gasteiger partial charge in [-0.05, 0) is 19.8 Å². The molecule has 106 valence electrons. The standard InChI is InChI=1S/C13H21N3O3/c1-5-7-14-11(17)15(8-6-2)13(19)16(12(14)18)9-10(3)4/h3,5-9H2,1-2,4H3. The van der Waals surface area contributed by atoms with Gasteiger partial charge in [-0.15, -0.1) is 0 Å². The topological polar surface area (TPSA) is 66.0 Å². The number of allylic oxidation sites excluding steroid dienone is 1. The van der Waals surface area contributed by atoms with Crippen molar-refractivity contribution in [1.29, 1.82) is 0 Å². The number of rotatable bonds is 6. The highest BCUT2D eigenvalue weighted by atomic mass is 16.2. The van der Waals surface area contributed by atoms with Gasteiger partial charge in [0.05, 0.1) is 6.54 Å². The molecule has 0 fully saturated rings. The van der Waals surface area contributed by atoms with Crippen LogP contribution in [0.5, 0.6) is 0 Å². The van der Waals surface area contributed by atoms with E-state index in [4.69, 9.17) is 0 Å². The van der Waals surface area contributed by atoms with Crippen molar-refractivity contribution in [3.63, 3.8) is 0 Å². The van der Waals surface area contributed by atoms with Crippen molar-refractivity contribution in [2.45, 2.75) is 53.2 Å². The molecule has 6 nitrogen and oxygen atoms in total. The lowest BCUT2D eigenvalue weighted by Crippen LogP contribution is -2.54. The van der Waals surface area contributed by atoms with E-state index in [0.29, 0.717) is 31.5 Å². The summed E-state index contributed by atoms with van der Waals surface area (Å²) in [5, 5.41) is 0. The highest BCUT2D eigenvalue weighted by Gasteiger charge is 2.14. The Hall–Kier alpha value is -1.85. The minimum atomic E-state index is -0.549. The maximum Gasteiger partial charge on any atom is 0.336 e. The zero-order chi connectivity index (χ0) is 14.6. The average molecular weight is 267 g/mol. The molecule has 1 aromatic heterocycles. The third kappa shape index (κ3) is 3.13. The summed E-state index contributed by atoms with van der Waals surface area (Å²) in [7, 11) is 0. The molecule has 0 amide bonds. The van der Waals surface area contributed by atoms with Crippen LogP contribution in [-0.4, -0.2) is 13.7 Å². The van der Waals surface area contributed by atoms with Gasteiger partial charge in [0, 0.05) is 13.1 Å². The lowest BCUT2D eigenvalue weighted by Gasteiger charge is -2.12. The van der Waals surface area contributed by atoms with Crippen LogP contribution in [0.1, 0.15) is 33.6 Å². The first-order chi connectivity index (χ1) is 8.93. The summed E-state index contributed by atoms with van der Waals surface area (Å²) in [6.07, 6.45) is 1.32. The number of hydrogen-bond donors (Lipinski definition) is 0. The summed E-state index contributed by atoms with van der Waals surface area (Å²) in [4.78, 5) is 36.4. The van der Waals surface area contributed by atoms with E-state index < -0.39 is 17.1 Å². The first-order valence-electron chi connectivity index (χ1n) is 6.52. The fourth-order valence-electron chi connectivity index (χ4n) is 1.92. The summed E-state index contributed by atoms with van der Waals surface area (Å²) in [6.45, 7) is 9.99. The maximum absolute atomic E-state index is 12.2. The van der Waals surface area contributed by atoms with Crippen LogP contribution in [0.3, 0.4) is 0 Å². The smallest absolute Gasteiger partial charge is 0.247 e. The summed E-state index contributed by atoms with van der Waals surface area (Å²) >= 11 is 0. The van der Waals surface area contributed by atoms with E-state index in [1.54, 1.807) is 6.92 Å². The van der Waals surface area contributed by atoms with Crippen molar-refractivity contribution < 1.29 is 0 Å². The molecule has 1 rings (SSSR count). The van der Waals surface area contributed by atoms with Crippen LogP contribution in [0.4, 0.5) is 0 Å². The van der Waals surface area contributed by atoms with E-state index in [-0.39, 0.29) is 6.54 Å². The van der Waals surface area contributed by atoms with Crippen LogP contribution in [0.25, 0.3) is 0 Å². The minimum absolute atomic E-state index is 0.144. The van der Waals surface area contributed by atoms with Gasteiger partial charge in [-0.25, -0.2) is 28.1 Å². The second kappa shape index (κ2) is 6.36. The second-order valence-electron chi connectivity index (χ2n) is 4.69. The van der Waals surface area contributed by atoms with Crippen molar-refractivity contribution in [3.05, 3.63) is 43.6 Å². The summed E-state index contributed by atoms with van der Waals surface area (Å²) < 4.78 is 3.33. The van der Waals surface area contributed by atoms with Crippen LogP contribution < -0.4 is 17.1 Å². The minimum Gasteiger partial charge on any atom is -0.247 e. The van der Waals surface area contributed by atoms with E-state index in [2.05, 4.69) is 6.58 Å². The molecule has 0 aliphatic rings. The van der Waals surface area contributed by atoms with E-state index in [9.17, 15) is 14.4 Å². The van der Waals surface area contributed by atoms with Crippen molar-refractivity contribution in [2.75, 3.05) is 0 Å². The van der Waals surface area contributed by atoms with Gasteiger partial charge < -0.3 is 0 Å². The van der Waals surface area contributed by atoms with E-state index in [0.717, 1.165) is 13.7 Å². The molecule has 0 saturated heterocycles. The largest absolute Gasteiger partial charge is 0.336 e. The van der Waals surface area contributed by atoms with Gasteiger partial charge in [0.2, 0.25) is 0 Å². The molecule has 1 aromatic rings. The lowest BCUT2D eigenvalue weighted by molar-refractivity contribution is 0.452. The van der Waals surface area contributed by atoms with Gasteiger partial charge in [0.25, 0.3) is 0 Å². The quantitative estimate of drug-likeness (QED) is 0.708. The number of aromatic nitrogens is 3. The Balaban J connectivity index is 3.64. The Morgan fingerprint density at radius 3 is 1.58 bits per heavy atom. The monoisotopic (exact) mass is 267 g/mol. The predicted octanol–water partition coefficient (Wildman–Crippen LogP) is 0.568. The van der Waals surface area contributed by atoms with Crippen LogP contribution in [0.2, 0.25) is 0 Å². The van der Waals surface area contributed by atoms with Gasteiger partial charge in [0.1, 0.15) is 0 Å². The first kappa shape index (κ1) is 15.2. The highest BCUT2D eigenvalue weighted by molar-refractivity contribution is 4.91. The Kier molecular flexibility index (Phi) is 5.09. The lowest BCUT2D eigenvalue weighted by atomic mass is 10.3. The zero-order valence-electron chi connectivity index (χ0n) is 11.8. The van der Waals surface area contributed by atoms with Crippen LogP contribution in [0.15, 0.2) is 26.5 Å². The molecule has 19 heavy (non-hydrogen) atoms. The molecular formula is C13H21N3O3. The summed E-state index contributed by atoms with van der Waals surface area (Å²) in [5.41, 5.74) is -0.917. The van der Waals surface area contributed by atoms with Crippen molar-refractivity contribution in [1.82, 2.24) is 13.7 Å². The third-order valence-electron chi connectivity index (χ3n) is 2.71. The van der Waals surface area contributed by atoms with Crippen LogP contribution in [-0.2, 0) is 19.6 Å². The molecule has 0 aliphatic carbocycles. The summed E-state index contributed by atoms with van der Waals surface area (Å²) in [6, 6.07) is 0. The average Bonchev–Trinajstić information content (AvgIpc) is 2.35. The number of nitrogens with zero attached hydrogens (tertiary/aromatic N) is 3. The van der Waals surface area contributed by atoms with E-state index >= 15 is 0 Å². The fraction of sp³-hybridized carbons (Fsp3) is 0.615. The van der Waals surface area contributed by atoms with Gasteiger partial charge in [-0.1, -0.05) is 26.0 Å². The SMILES string of the molecule is C=C(C)Cn1c(=O)n(CCC)c(=O)n(CCC)c1=O. The summed E-state index contributed by atoms with van der Waals surface area (Å²) in [5.74, 6) is 0. The van der Waals surface area contributed by atoms with Gasteiger partial charge in [-0.2, -0.15) is 0 Å². The number of hydrogen-bond acceptors (Lipinski definition) is 3. The molecule has 0 aliphatic heterocycles. The van der Waals surface area contributed by atoms with Crippen LogP contribution >= 0.6 is 0 Å². The highest BCUT2D eigenvalue weighted by Crippen LogP contribution is 1.89. The predicted molar refractivity (Wildman–Crippen MR) is 74.6 cm³/mol. The van der Waals surface area contributed by atoms with Gasteiger partial charge >= 0.3 is 17.1 Å². The van der Waals surface area contributed by atoms with Crippen molar-refractivity contribution >= 4 is 0 Å². The molecule has 0 unspecified atom stereocenters. The molecule has 0 spiro atoms. The Labute approximate surface area is 111 Å².